The fourth-order valence-corrected chi connectivity index (χ4v) is 3.90. The van der Waals surface area contributed by atoms with Gasteiger partial charge in [0.2, 0.25) is 6.29 Å². The molecule has 9 nitrogen and oxygen atoms in total. The topological polar surface area (TPSA) is 146 Å². The fraction of sp³-hybridized carbons (Fsp3) is 0.375. The van der Waals surface area contributed by atoms with E-state index in [1.807, 2.05) is 30.4 Å². The SMILES string of the molecule is O=C(CCc1ccc2c(c1)C=CCO2)c1c(O)cccc1O[C@@H]1O[C@H](CO)[C@@H](O)[C@H](O)[C@H]1O. The summed E-state index contributed by atoms with van der Waals surface area (Å²) in [7, 11) is 0. The van der Waals surface area contributed by atoms with E-state index < -0.39 is 43.1 Å². The quantitative estimate of drug-likeness (QED) is 0.380. The van der Waals surface area contributed by atoms with E-state index in [-0.39, 0.29) is 23.5 Å². The van der Waals surface area contributed by atoms with E-state index in [9.17, 15) is 30.3 Å². The van der Waals surface area contributed by atoms with E-state index in [0.29, 0.717) is 13.0 Å². The predicted octanol–water partition coefficient (Wildman–Crippen LogP) is 0.792. The Morgan fingerprint density at radius 2 is 1.91 bits per heavy atom. The molecule has 5 atom stereocenters. The van der Waals surface area contributed by atoms with Crippen molar-refractivity contribution in [3.63, 3.8) is 0 Å². The fourth-order valence-electron chi connectivity index (χ4n) is 3.90. The van der Waals surface area contributed by atoms with Gasteiger partial charge in [0.1, 0.15) is 53.8 Å². The molecule has 0 radical (unpaired) electrons. The number of hydrogen-bond donors (Lipinski definition) is 5. The number of hydrogen-bond acceptors (Lipinski definition) is 9. The van der Waals surface area contributed by atoms with Crippen LogP contribution in [0.2, 0.25) is 0 Å². The summed E-state index contributed by atoms with van der Waals surface area (Å²) in [5.74, 6) is 0.0377. The molecule has 0 aromatic heterocycles. The molecule has 2 heterocycles. The van der Waals surface area contributed by atoms with Crippen molar-refractivity contribution in [2.24, 2.45) is 0 Å². The number of carbonyl (C=O) groups is 1. The van der Waals surface area contributed by atoms with Crippen molar-refractivity contribution in [2.45, 2.75) is 43.5 Å². The van der Waals surface area contributed by atoms with Crippen LogP contribution in [0.5, 0.6) is 17.2 Å². The number of fused-ring (bicyclic) bond motifs is 1. The van der Waals surface area contributed by atoms with E-state index in [2.05, 4.69) is 0 Å². The summed E-state index contributed by atoms with van der Waals surface area (Å²) >= 11 is 0. The van der Waals surface area contributed by atoms with Crippen molar-refractivity contribution >= 4 is 11.9 Å². The number of ether oxygens (including phenoxy) is 3. The molecular weight excluding hydrogens is 432 g/mol. The van der Waals surface area contributed by atoms with Crippen molar-refractivity contribution in [3.05, 3.63) is 59.2 Å². The summed E-state index contributed by atoms with van der Waals surface area (Å²) in [6, 6.07) is 9.90. The van der Waals surface area contributed by atoms with Crippen molar-refractivity contribution in [1.29, 1.82) is 0 Å². The number of benzene rings is 2. The Morgan fingerprint density at radius 3 is 2.70 bits per heavy atom. The van der Waals surface area contributed by atoms with Crippen LogP contribution in [0.15, 0.2) is 42.5 Å². The second-order valence-electron chi connectivity index (χ2n) is 7.97. The van der Waals surface area contributed by atoms with Gasteiger partial charge in [-0.25, -0.2) is 0 Å². The van der Waals surface area contributed by atoms with E-state index in [1.165, 1.54) is 18.2 Å². The minimum absolute atomic E-state index is 0.0499. The lowest BCUT2D eigenvalue weighted by atomic mass is 9.98. The van der Waals surface area contributed by atoms with Gasteiger partial charge in [0.15, 0.2) is 5.78 Å². The van der Waals surface area contributed by atoms with Crippen molar-refractivity contribution in [2.75, 3.05) is 13.2 Å². The Bertz CT molecular complexity index is 1030. The third-order valence-corrected chi connectivity index (χ3v) is 5.72. The number of ketones is 1. The molecule has 2 aromatic carbocycles. The summed E-state index contributed by atoms with van der Waals surface area (Å²) in [6.07, 6.45) is -3.08. The van der Waals surface area contributed by atoms with Crippen LogP contribution in [-0.4, -0.2) is 75.2 Å². The highest BCUT2D eigenvalue weighted by atomic mass is 16.7. The molecule has 0 spiro atoms. The monoisotopic (exact) mass is 458 g/mol. The largest absolute Gasteiger partial charge is 0.507 e. The van der Waals surface area contributed by atoms with Crippen LogP contribution >= 0.6 is 0 Å². The van der Waals surface area contributed by atoms with E-state index >= 15 is 0 Å². The molecule has 0 unspecified atom stereocenters. The Balaban J connectivity index is 1.49. The van der Waals surface area contributed by atoms with Gasteiger partial charge in [-0.2, -0.15) is 0 Å². The number of carbonyl (C=O) groups excluding carboxylic acids is 1. The minimum atomic E-state index is -1.64. The molecule has 2 aliphatic heterocycles. The third kappa shape index (κ3) is 4.87. The third-order valence-electron chi connectivity index (χ3n) is 5.72. The van der Waals surface area contributed by atoms with Gasteiger partial charge in [-0.15, -0.1) is 0 Å². The van der Waals surface area contributed by atoms with Crippen molar-refractivity contribution in [1.82, 2.24) is 0 Å². The zero-order valence-electron chi connectivity index (χ0n) is 17.7. The van der Waals surface area contributed by atoms with Gasteiger partial charge in [-0.05, 0) is 42.3 Å². The number of phenols is 1. The molecule has 33 heavy (non-hydrogen) atoms. The molecule has 0 bridgehead atoms. The van der Waals surface area contributed by atoms with Gasteiger partial charge in [-0.1, -0.05) is 18.2 Å². The molecule has 2 aliphatic rings. The first kappa shape index (κ1) is 23.2. The standard InChI is InChI=1S/C24H26O9/c25-12-19-21(28)22(29)23(30)24(33-19)32-18-5-1-4-15(26)20(18)16(27)8-6-13-7-9-17-14(11-13)3-2-10-31-17/h1-5,7,9,11,19,21-26,28-30H,6,8,10,12H2/t19-,21-,22+,23-,24-/m1/s1. The summed E-state index contributed by atoms with van der Waals surface area (Å²) in [6.45, 7) is -0.0903. The second kappa shape index (κ2) is 9.90. The maximum Gasteiger partial charge on any atom is 0.229 e. The normalized spacial score (nSPS) is 26.4. The first-order chi connectivity index (χ1) is 15.9. The maximum absolute atomic E-state index is 13.0. The molecule has 5 N–H and O–H groups in total. The Hall–Kier alpha value is -2.95. The van der Waals surface area contributed by atoms with Crippen LogP contribution in [0.1, 0.15) is 27.9 Å². The smallest absolute Gasteiger partial charge is 0.229 e. The average molecular weight is 458 g/mol. The predicted molar refractivity (Wildman–Crippen MR) is 116 cm³/mol. The van der Waals surface area contributed by atoms with E-state index in [1.54, 1.807) is 0 Å². The molecule has 1 fully saturated rings. The number of aliphatic hydroxyl groups is 4. The molecule has 2 aromatic rings. The molecule has 0 saturated carbocycles. The second-order valence-corrected chi connectivity index (χ2v) is 7.97. The van der Waals surface area contributed by atoms with Gasteiger partial charge >= 0.3 is 0 Å². The lowest BCUT2D eigenvalue weighted by Crippen LogP contribution is -2.60. The van der Waals surface area contributed by atoms with Gasteiger partial charge in [0.05, 0.1) is 6.61 Å². The molecule has 1 saturated heterocycles. The Labute approximate surface area is 190 Å². The number of aromatic hydroxyl groups is 1. The molecule has 0 aliphatic carbocycles. The highest BCUT2D eigenvalue weighted by molar-refractivity contribution is 6.01. The van der Waals surface area contributed by atoms with Crippen LogP contribution in [0.3, 0.4) is 0 Å². The number of rotatable bonds is 7. The van der Waals surface area contributed by atoms with Gasteiger partial charge in [0, 0.05) is 12.0 Å². The first-order valence-corrected chi connectivity index (χ1v) is 10.6. The summed E-state index contributed by atoms with van der Waals surface area (Å²) in [5, 5.41) is 49.8. The average Bonchev–Trinajstić information content (AvgIpc) is 2.82. The lowest BCUT2D eigenvalue weighted by molar-refractivity contribution is -0.277. The van der Waals surface area contributed by atoms with Crippen molar-refractivity contribution in [3.8, 4) is 17.2 Å². The van der Waals surface area contributed by atoms with Gasteiger partial charge in [0.25, 0.3) is 0 Å². The highest BCUT2D eigenvalue weighted by Gasteiger charge is 2.45. The maximum atomic E-state index is 13.0. The summed E-state index contributed by atoms with van der Waals surface area (Å²) in [5.41, 5.74) is 1.76. The highest BCUT2D eigenvalue weighted by Crippen LogP contribution is 2.33. The molecule has 0 amide bonds. The Kier molecular flexibility index (Phi) is 6.96. The van der Waals surface area contributed by atoms with Crippen molar-refractivity contribution < 1.29 is 44.5 Å². The van der Waals surface area contributed by atoms with Crippen LogP contribution in [-0.2, 0) is 11.2 Å². The number of Topliss-reactive ketones (excluding diaryl/α,β-unsaturated/α-hetero) is 1. The van der Waals surface area contributed by atoms with Crippen LogP contribution in [0.4, 0.5) is 0 Å². The van der Waals surface area contributed by atoms with Crippen LogP contribution < -0.4 is 9.47 Å². The van der Waals surface area contributed by atoms with Crippen LogP contribution in [0, 0.1) is 0 Å². The van der Waals surface area contributed by atoms with E-state index in [0.717, 1.165) is 16.9 Å². The molecular formula is C24H26O9. The molecule has 176 valence electrons. The zero-order valence-corrected chi connectivity index (χ0v) is 17.7. The van der Waals surface area contributed by atoms with Gasteiger partial charge in [-0.3, -0.25) is 4.79 Å². The number of aliphatic hydroxyl groups excluding tert-OH is 4. The minimum Gasteiger partial charge on any atom is -0.507 e. The lowest BCUT2D eigenvalue weighted by Gasteiger charge is -2.39. The zero-order chi connectivity index (χ0) is 23.5. The van der Waals surface area contributed by atoms with E-state index in [4.69, 9.17) is 14.2 Å². The molecule has 9 heteroatoms. The number of phenolic OH excluding ortho intramolecular Hbond substituents is 1. The first-order valence-electron chi connectivity index (χ1n) is 10.6. The van der Waals surface area contributed by atoms with Gasteiger partial charge < -0.3 is 39.7 Å². The molecule has 4 rings (SSSR count). The van der Waals surface area contributed by atoms with Crippen LogP contribution in [0.25, 0.3) is 6.08 Å². The summed E-state index contributed by atoms with van der Waals surface area (Å²) < 4.78 is 16.5. The Morgan fingerprint density at radius 1 is 1.09 bits per heavy atom. The number of aryl methyl sites for hydroxylation is 1. The summed E-state index contributed by atoms with van der Waals surface area (Å²) in [4.78, 5) is 13.0.